The molecule has 0 bridgehead atoms. The van der Waals surface area contributed by atoms with Gasteiger partial charge in [0.2, 0.25) is 0 Å². The molecule has 9 nitrogen and oxygen atoms in total. The fraction of sp³-hybridized carbons (Fsp3) is 0.412. The fourth-order valence-corrected chi connectivity index (χ4v) is 2.66. The zero-order valence-corrected chi connectivity index (χ0v) is 14.5. The van der Waals surface area contributed by atoms with Crippen molar-refractivity contribution in [2.45, 2.75) is 25.8 Å². The molecule has 1 saturated heterocycles. The predicted octanol–water partition coefficient (Wildman–Crippen LogP) is 0.461. The van der Waals surface area contributed by atoms with Gasteiger partial charge in [-0.05, 0) is 31.9 Å². The van der Waals surface area contributed by atoms with Crippen molar-refractivity contribution >= 4 is 29.5 Å². The van der Waals surface area contributed by atoms with Gasteiger partial charge in [-0.3, -0.25) is 14.4 Å². The highest BCUT2D eigenvalue weighted by Crippen LogP contribution is 2.15. The van der Waals surface area contributed by atoms with Crippen LogP contribution in [0.25, 0.3) is 0 Å². The summed E-state index contributed by atoms with van der Waals surface area (Å²) >= 11 is 0. The van der Waals surface area contributed by atoms with Gasteiger partial charge in [-0.15, -0.1) is 0 Å². The molecule has 0 radical (unpaired) electrons. The number of anilines is 1. The van der Waals surface area contributed by atoms with Gasteiger partial charge in [0.05, 0.1) is 17.9 Å². The summed E-state index contributed by atoms with van der Waals surface area (Å²) in [5, 5.41) is 5.02. The molecule has 0 unspecified atom stereocenters. The number of hydrogen-bond acceptors (Lipinski definition) is 5. The number of nitrogens with two attached hydrogens (primary N) is 1. The molecule has 0 aromatic heterocycles. The minimum atomic E-state index is -0.883. The SMILES string of the molecule is CCOC(=O)N1CCC(NC(=O)C(=O)Nc2ccccc2C(N)=O)CC1. The summed E-state index contributed by atoms with van der Waals surface area (Å²) in [4.78, 5) is 48.7. The Bertz CT molecular complexity index is 698. The van der Waals surface area contributed by atoms with E-state index in [1.165, 1.54) is 12.1 Å². The van der Waals surface area contributed by atoms with E-state index in [0.717, 1.165) is 0 Å². The van der Waals surface area contributed by atoms with Gasteiger partial charge in [0.25, 0.3) is 5.91 Å². The second kappa shape index (κ2) is 8.84. The average Bonchev–Trinajstić information content (AvgIpc) is 2.62. The Morgan fingerprint density at radius 1 is 1.15 bits per heavy atom. The number of piperidine rings is 1. The van der Waals surface area contributed by atoms with Crippen LogP contribution in [0.15, 0.2) is 24.3 Å². The van der Waals surface area contributed by atoms with E-state index in [0.29, 0.717) is 32.5 Å². The van der Waals surface area contributed by atoms with Gasteiger partial charge in [-0.2, -0.15) is 0 Å². The van der Waals surface area contributed by atoms with Crippen molar-refractivity contribution in [2.24, 2.45) is 5.73 Å². The number of nitrogens with zero attached hydrogens (tertiary/aromatic N) is 1. The van der Waals surface area contributed by atoms with Crippen LogP contribution in [-0.4, -0.2) is 54.5 Å². The number of primary amides is 1. The molecular formula is C17H22N4O5. The van der Waals surface area contributed by atoms with Crippen LogP contribution in [-0.2, 0) is 14.3 Å². The Morgan fingerprint density at radius 2 is 1.81 bits per heavy atom. The van der Waals surface area contributed by atoms with Crippen LogP contribution in [0.3, 0.4) is 0 Å². The zero-order chi connectivity index (χ0) is 19.1. The van der Waals surface area contributed by atoms with Gasteiger partial charge in [-0.1, -0.05) is 12.1 Å². The first-order chi connectivity index (χ1) is 12.4. The third kappa shape index (κ3) is 4.95. The number of carbonyl (C=O) groups excluding carboxylic acids is 4. The zero-order valence-electron chi connectivity index (χ0n) is 14.5. The monoisotopic (exact) mass is 362 g/mol. The normalized spacial score (nSPS) is 14.4. The van der Waals surface area contributed by atoms with Crippen LogP contribution in [0.1, 0.15) is 30.1 Å². The van der Waals surface area contributed by atoms with Crippen LogP contribution in [0.4, 0.5) is 10.5 Å². The first-order valence-electron chi connectivity index (χ1n) is 8.34. The van der Waals surface area contributed by atoms with Gasteiger partial charge < -0.3 is 26.0 Å². The third-order valence-corrected chi connectivity index (χ3v) is 4.00. The summed E-state index contributed by atoms with van der Waals surface area (Å²) in [6.07, 6.45) is 0.670. The van der Waals surface area contributed by atoms with Crippen LogP contribution >= 0.6 is 0 Å². The molecule has 0 aliphatic carbocycles. The molecule has 140 valence electrons. The van der Waals surface area contributed by atoms with Crippen molar-refractivity contribution in [1.82, 2.24) is 10.2 Å². The minimum absolute atomic E-state index is 0.122. The van der Waals surface area contributed by atoms with Gasteiger partial charge >= 0.3 is 17.9 Å². The molecule has 2 rings (SSSR count). The third-order valence-electron chi connectivity index (χ3n) is 4.00. The summed E-state index contributed by atoms with van der Waals surface area (Å²) < 4.78 is 4.93. The number of carbonyl (C=O) groups is 4. The van der Waals surface area contributed by atoms with Crippen molar-refractivity contribution in [3.05, 3.63) is 29.8 Å². The molecule has 0 spiro atoms. The largest absolute Gasteiger partial charge is 0.450 e. The fourth-order valence-electron chi connectivity index (χ4n) is 2.66. The quantitative estimate of drug-likeness (QED) is 0.670. The van der Waals surface area contributed by atoms with Gasteiger partial charge in [0.15, 0.2) is 0 Å². The topological polar surface area (TPSA) is 131 Å². The van der Waals surface area contributed by atoms with Gasteiger partial charge in [0, 0.05) is 19.1 Å². The Morgan fingerprint density at radius 3 is 2.42 bits per heavy atom. The van der Waals surface area contributed by atoms with E-state index >= 15 is 0 Å². The van der Waals surface area contributed by atoms with E-state index in [1.54, 1.807) is 24.0 Å². The van der Waals surface area contributed by atoms with Crippen LogP contribution in [0.5, 0.6) is 0 Å². The molecule has 1 aromatic rings. The summed E-state index contributed by atoms with van der Waals surface area (Å²) in [6, 6.07) is 5.95. The number of likely N-dealkylation sites (tertiary alicyclic amines) is 1. The summed E-state index contributed by atoms with van der Waals surface area (Å²) in [5.41, 5.74) is 5.54. The standard InChI is InChI=1S/C17H22N4O5/c1-2-26-17(25)21-9-7-11(8-10-21)19-15(23)16(24)20-13-6-4-3-5-12(13)14(18)22/h3-6,11H,2,7-10H2,1H3,(H2,18,22)(H,19,23)(H,20,24). The lowest BCUT2D eigenvalue weighted by molar-refractivity contribution is -0.136. The van der Waals surface area contributed by atoms with Crippen molar-refractivity contribution in [1.29, 1.82) is 0 Å². The van der Waals surface area contributed by atoms with Crippen LogP contribution in [0, 0.1) is 0 Å². The van der Waals surface area contributed by atoms with Crippen molar-refractivity contribution in [2.75, 3.05) is 25.0 Å². The van der Waals surface area contributed by atoms with E-state index in [2.05, 4.69) is 10.6 Å². The number of nitrogens with one attached hydrogen (secondary N) is 2. The number of rotatable bonds is 4. The van der Waals surface area contributed by atoms with E-state index in [4.69, 9.17) is 10.5 Å². The molecule has 1 aromatic carbocycles. The Hall–Kier alpha value is -3.10. The van der Waals surface area contributed by atoms with Crippen molar-refractivity contribution in [3.8, 4) is 0 Å². The minimum Gasteiger partial charge on any atom is -0.450 e. The molecule has 0 saturated carbocycles. The number of ether oxygens (including phenoxy) is 1. The average molecular weight is 362 g/mol. The Labute approximate surface area is 150 Å². The number of para-hydroxylation sites is 1. The molecule has 1 aliphatic rings. The van der Waals surface area contributed by atoms with E-state index in [-0.39, 0.29) is 23.4 Å². The van der Waals surface area contributed by atoms with Crippen LogP contribution in [0.2, 0.25) is 0 Å². The highest BCUT2D eigenvalue weighted by molar-refractivity contribution is 6.40. The molecule has 1 fully saturated rings. The first kappa shape index (κ1) is 19.2. The second-order valence-electron chi connectivity index (χ2n) is 5.80. The molecule has 26 heavy (non-hydrogen) atoms. The van der Waals surface area contributed by atoms with Crippen LogP contribution < -0.4 is 16.4 Å². The highest BCUT2D eigenvalue weighted by atomic mass is 16.6. The predicted molar refractivity (Wildman–Crippen MR) is 93.3 cm³/mol. The van der Waals surface area contributed by atoms with E-state index in [1.807, 2.05) is 0 Å². The van der Waals surface area contributed by atoms with E-state index < -0.39 is 17.7 Å². The number of benzene rings is 1. The summed E-state index contributed by atoms with van der Waals surface area (Å²) in [5.74, 6) is -2.39. The molecule has 9 heteroatoms. The number of amides is 4. The smallest absolute Gasteiger partial charge is 0.409 e. The first-order valence-corrected chi connectivity index (χ1v) is 8.34. The Balaban J connectivity index is 1.86. The molecule has 4 amide bonds. The summed E-state index contributed by atoms with van der Waals surface area (Å²) in [6.45, 7) is 2.92. The maximum absolute atomic E-state index is 12.1. The van der Waals surface area contributed by atoms with Crippen molar-refractivity contribution in [3.63, 3.8) is 0 Å². The maximum atomic E-state index is 12.1. The lowest BCUT2D eigenvalue weighted by atomic mass is 10.1. The Kier molecular flexibility index (Phi) is 6.54. The molecule has 4 N–H and O–H groups in total. The molecule has 1 aliphatic heterocycles. The molecule has 0 atom stereocenters. The van der Waals surface area contributed by atoms with E-state index in [9.17, 15) is 19.2 Å². The van der Waals surface area contributed by atoms with Gasteiger partial charge in [0.1, 0.15) is 0 Å². The van der Waals surface area contributed by atoms with Gasteiger partial charge in [-0.25, -0.2) is 4.79 Å². The lowest BCUT2D eigenvalue weighted by Crippen LogP contribution is -2.49. The van der Waals surface area contributed by atoms with Crippen molar-refractivity contribution < 1.29 is 23.9 Å². The molecule has 1 heterocycles. The lowest BCUT2D eigenvalue weighted by Gasteiger charge is -2.31. The summed E-state index contributed by atoms with van der Waals surface area (Å²) in [7, 11) is 0. The molecular weight excluding hydrogens is 340 g/mol. The highest BCUT2D eigenvalue weighted by Gasteiger charge is 2.26. The maximum Gasteiger partial charge on any atom is 0.409 e. The second-order valence-corrected chi connectivity index (χ2v) is 5.80. The number of hydrogen-bond donors (Lipinski definition) is 3.